The first-order valence-electron chi connectivity index (χ1n) is 0. The fraction of sp³-hybridized carbons (Fsp3) is 0. The highest BCUT2D eigenvalue weighted by Crippen LogP contribution is 0.652. The standard InChI is InChI=1S/10FH.5H2S/h10*1H;5*1H2. The SMILES string of the molecule is F.F.F.F.F.F.F.F.F.F.S.S.S.S.S. The molecule has 0 rings (SSSR count). The molecule has 15 heteroatoms. The third-order valence-electron chi connectivity index (χ3n) is 0. The van der Waals surface area contributed by atoms with Gasteiger partial charge in [-0.25, -0.2) is 0 Å². The van der Waals surface area contributed by atoms with Crippen LogP contribution < -0.4 is 0 Å². The zero-order chi connectivity index (χ0) is 0. The van der Waals surface area contributed by atoms with Gasteiger partial charge >= 0.3 is 0 Å². The lowest BCUT2D eigenvalue weighted by molar-refractivity contribution is 1.11. The molecule has 0 unspecified atom stereocenters. The van der Waals surface area contributed by atoms with E-state index < -0.39 is 0 Å². The first-order chi connectivity index (χ1) is 0. The van der Waals surface area contributed by atoms with Gasteiger partial charge in [-0.3, -0.25) is 47.0 Å². The highest BCUT2D eigenvalue weighted by atomic mass is 32.1. The third-order valence-corrected chi connectivity index (χ3v) is 0. The fourth-order valence-corrected chi connectivity index (χ4v) is 0. The van der Waals surface area contributed by atoms with Crippen LogP contribution >= 0.6 is 67.5 Å². The summed E-state index contributed by atoms with van der Waals surface area (Å²) in [7, 11) is 0. The zero-order valence-electron chi connectivity index (χ0n) is 6.58. The zero-order valence-corrected chi connectivity index (χ0v) is 11.6. The predicted molar refractivity (Wildman–Crippen MR) is 76.9 cm³/mol. The second-order valence-corrected chi connectivity index (χ2v) is 0. The quantitative estimate of drug-likeness (QED) is 0.573. The van der Waals surface area contributed by atoms with Crippen molar-refractivity contribution in [2.24, 2.45) is 0 Å². The number of hydrogen-bond acceptors (Lipinski definition) is 0. The van der Waals surface area contributed by atoms with Crippen LogP contribution in [0.5, 0.6) is 0 Å². The Labute approximate surface area is 115 Å². The van der Waals surface area contributed by atoms with E-state index in [9.17, 15) is 0 Å². The Morgan fingerprint density at radius 2 is 0.133 bits per heavy atom. The molecule has 0 aromatic rings. The smallest absolute Gasteiger partial charge is 0.197 e. The monoisotopic (exact) mass is 370 g/mol. The molecule has 0 heterocycles. The normalized spacial score (nSPS) is 0. The molecular weight excluding hydrogens is 350 g/mol. The van der Waals surface area contributed by atoms with E-state index in [2.05, 4.69) is 0 Å². The molecule has 0 aliphatic rings. The predicted octanol–water partition coefficient (Wildman–Crippen LogP) is 2.09. The fourth-order valence-electron chi connectivity index (χ4n) is 0. The van der Waals surface area contributed by atoms with Gasteiger partial charge in [-0.05, 0) is 0 Å². The molecule has 0 saturated carbocycles. The van der Waals surface area contributed by atoms with E-state index in [0.717, 1.165) is 0 Å². The molecule has 0 aromatic carbocycles. The second-order valence-electron chi connectivity index (χ2n) is 0. The molecule has 0 aromatic heterocycles. The van der Waals surface area contributed by atoms with Crippen molar-refractivity contribution in [2.45, 2.75) is 0 Å². The van der Waals surface area contributed by atoms with Gasteiger partial charge in [0.15, 0.2) is 0 Å². The van der Waals surface area contributed by atoms with E-state index in [1.165, 1.54) is 0 Å². The molecule has 0 bridgehead atoms. The molecular formula is H20F10S5. The van der Waals surface area contributed by atoms with Crippen LogP contribution in [0.1, 0.15) is 0 Å². The van der Waals surface area contributed by atoms with Gasteiger partial charge in [0.2, 0.25) is 0 Å². The summed E-state index contributed by atoms with van der Waals surface area (Å²) in [4.78, 5) is 0. The molecule has 0 fully saturated rings. The summed E-state index contributed by atoms with van der Waals surface area (Å²) in [5.74, 6) is 0. The molecule has 0 aliphatic heterocycles. The van der Waals surface area contributed by atoms with Gasteiger partial charge in [-0.15, -0.1) is 0 Å². The number of rotatable bonds is 0. The summed E-state index contributed by atoms with van der Waals surface area (Å²) < 4.78 is 0. The van der Waals surface area contributed by atoms with E-state index >= 15 is 0 Å². The van der Waals surface area contributed by atoms with Crippen LogP contribution in [0.3, 0.4) is 0 Å². The minimum atomic E-state index is 0. The Balaban J connectivity index is 0. The van der Waals surface area contributed by atoms with Gasteiger partial charge in [-0.2, -0.15) is 67.5 Å². The van der Waals surface area contributed by atoms with Crippen molar-refractivity contribution in [2.75, 3.05) is 0 Å². The molecule has 0 aliphatic carbocycles. The Hall–Kier alpha value is 1.05. The summed E-state index contributed by atoms with van der Waals surface area (Å²) in [5.41, 5.74) is 0. The van der Waals surface area contributed by atoms with Crippen molar-refractivity contribution in [1.29, 1.82) is 0 Å². The average Bonchev–Trinajstić information content (AvgIpc) is 0. The topological polar surface area (TPSA) is 0 Å². The maximum atomic E-state index is 0. The van der Waals surface area contributed by atoms with Crippen molar-refractivity contribution in [3.63, 3.8) is 0 Å². The molecule has 0 atom stereocenters. The Bertz CT molecular complexity index is 13.8. The summed E-state index contributed by atoms with van der Waals surface area (Å²) in [6, 6.07) is 0. The number of hydrogen-bond donors (Lipinski definition) is 0. The first-order valence-corrected chi connectivity index (χ1v) is 0. The molecule has 15 heavy (non-hydrogen) atoms. The Morgan fingerprint density at radius 3 is 0.133 bits per heavy atom. The largest absolute Gasteiger partial charge is 0.269 e. The van der Waals surface area contributed by atoms with Crippen molar-refractivity contribution in [3.8, 4) is 0 Å². The molecule has 0 radical (unpaired) electrons. The van der Waals surface area contributed by atoms with Gasteiger partial charge < -0.3 is 0 Å². The summed E-state index contributed by atoms with van der Waals surface area (Å²) in [6.45, 7) is 0. The van der Waals surface area contributed by atoms with Crippen LogP contribution in [0.4, 0.5) is 47.0 Å². The maximum absolute atomic E-state index is 0. The van der Waals surface area contributed by atoms with Gasteiger partial charge in [0.25, 0.3) is 0 Å². The summed E-state index contributed by atoms with van der Waals surface area (Å²) >= 11 is 0. The van der Waals surface area contributed by atoms with Gasteiger partial charge in [-0.1, -0.05) is 0 Å². The Kier molecular flexibility index (Phi) is 592000. The van der Waals surface area contributed by atoms with E-state index in [4.69, 9.17) is 0 Å². The lowest BCUT2D eigenvalue weighted by atomic mass is 19.0. The van der Waals surface area contributed by atoms with Gasteiger partial charge in [0.05, 0.1) is 0 Å². The van der Waals surface area contributed by atoms with Crippen molar-refractivity contribution >= 4 is 67.5 Å². The van der Waals surface area contributed by atoms with Gasteiger partial charge in [0, 0.05) is 0 Å². The molecule has 0 spiro atoms. The van der Waals surface area contributed by atoms with Crippen LogP contribution in [0, 0.1) is 0 Å². The molecule has 0 saturated heterocycles. The van der Waals surface area contributed by atoms with E-state index in [0.29, 0.717) is 0 Å². The molecule has 0 nitrogen and oxygen atoms in total. The van der Waals surface area contributed by atoms with Crippen LogP contribution in [-0.2, 0) is 0 Å². The molecule has 0 amide bonds. The minimum Gasteiger partial charge on any atom is -0.269 e. The highest BCUT2D eigenvalue weighted by molar-refractivity contribution is 7.60. The first kappa shape index (κ1) is 3300. The van der Waals surface area contributed by atoms with Crippen LogP contribution in [-0.4, -0.2) is 0 Å². The van der Waals surface area contributed by atoms with Gasteiger partial charge in [0.1, 0.15) is 0 Å². The van der Waals surface area contributed by atoms with Crippen LogP contribution in [0.25, 0.3) is 0 Å². The van der Waals surface area contributed by atoms with Crippen molar-refractivity contribution < 1.29 is 47.0 Å². The number of halogens is 10. The van der Waals surface area contributed by atoms with Crippen LogP contribution in [0.15, 0.2) is 0 Å². The lowest BCUT2D eigenvalue weighted by Crippen LogP contribution is 0.419. The maximum Gasteiger partial charge on any atom is -0.197 e. The second kappa shape index (κ2) is 2690. The third kappa shape index (κ3) is 2320. The van der Waals surface area contributed by atoms with E-state index in [-0.39, 0.29) is 115 Å². The van der Waals surface area contributed by atoms with Crippen LogP contribution in [0.2, 0.25) is 0 Å². The van der Waals surface area contributed by atoms with Crippen molar-refractivity contribution in [3.05, 3.63) is 0 Å². The Morgan fingerprint density at radius 1 is 0.133 bits per heavy atom. The van der Waals surface area contributed by atoms with E-state index in [1.807, 2.05) is 0 Å². The lowest BCUT2D eigenvalue weighted by Gasteiger charge is -0.270. The molecule has 120 valence electrons. The summed E-state index contributed by atoms with van der Waals surface area (Å²) in [5, 5.41) is 0. The highest BCUT2D eigenvalue weighted by Gasteiger charge is -0.192. The summed E-state index contributed by atoms with van der Waals surface area (Å²) in [6.07, 6.45) is 0. The van der Waals surface area contributed by atoms with E-state index in [1.54, 1.807) is 0 Å². The van der Waals surface area contributed by atoms with Crippen molar-refractivity contribution in [1.82, 2.24) is 0 Å². The average molecular weight is 370 g/mol. The molecule has 0 N–H and O–H groups in total. The minimum absolute atomic E-state index is 0.